The summed E-state index contributed by atoms with van der Waals surface area (Å²) in [4.78, 5) is 10.5. The number of ether oxygens (including phenoxy) is 2. The lowest BCUT2D eigenvalue weighted by Gasteiger charge is -2.27. The van der Waals surface area contributed by atoms with E-state index in [0.29, 0.717) is 42.6 Å². The van der Waals surface area contributed by atoms with E-state index in [4.69, 9.17) is 9.47 Å². The van der Waals surface area contributed by atoms with E-state index in [0.717, 1.165) is 23.1 Å². The van der Waals surface area contributed by atoms with Gasteiger partial charge in [0.05, 0.1) is 31.7 Å². The highest BCUT2D eigenvalue weighted by Gasteiger charge is 2.31. The van der Waals surface area contributed by atoms with Gasteiger partial charge in [0, 0.05) is 31.1 Å². The van der Waals surface area contributed by atoms with Crippen molar-refractivity contribution in [3.8, 4) is 11.5 Å². The quantitative estimate of drug-likeness (QED) is 0.308. The minimum Gasteiger partial charge on any atom is -0.497 e. The molecule has 0 radical (unpaired) electrons. The van der Waals surface area contributed by atoms with Crippen LogP contribution in [0.2, 0.25) is 0 Å². The molecule has 0 aliphatic carbocycles. The van der Waals surface area contributed by atoms with Gasteiger partial charge in [-0.25, -0.2) is 9.97 Å². The van der Waals surface area contributed by atoms with Gasteiger partial charge in [-0.1, -0.05) is 12.1 Å². The van der Waals surface area contributed by atoms with Crippen LogP contribution in [0.25, 0.3) is 0 Å². The third kappa shape index (κ3) is 7.68. The molecular weight excluding hydrogens is 477 g/mol. The number of thioether (sulfide) groups is 1. The lowest BCUT2D eigenvalue weighted by molar-refractivity contribution is -0.137. The number of methoxy groups -OCH3 is 1. The summed E-state index contributed by atoms with van der Waals surface area (Å²) in [5.41, 5.74) is 1.53. The smallest absolute Gasteiger partial charge is 0.416 e. The van der Waals surface area contributed by atoms with Gasteiger partial charge >= 0.3 is 6.18 Å². The van der Waals surface area contributed by atoms with Gasteiger partial charge in [-0.15, -0.1) is 0 Å². The molecular formula is C25H29F3N4O2S. The van der Waals surface area contributed by atoms with Crippen molar-refractivity contribution in [2.75, 3.05) is 42.5 Å². The molecule has 0 spiro atoms. The number of nitrogens with zero attached hydrogens (tertiary/aromatic N) is 3. The van der Waals surface area contributed by atoms with Crippen LogP contribution in [0, 0.1) is 0 Å². The monoisotopic (exact) mass is 506 g/mol. The Balaban J connectivity index is 1.79. The second kappa shape index (κ2) is 12.5. The molecule has 0 bridgehead atoms. The maximum absolute atomic E-state index is 13.4. The molecule has 0 saturated heterocycles. The standard InChI is InChI=1S/C25H29F3N4O2S/c1-4-32(17-18-5-8-21(33-2)9-6-18)23-10-7-20(25(26,27)28)13-19(23)14-29-24-30-15-22(16-31-24)34-11-12-35-3/h5-10,13,15-16H,4,11-12,14,17H2,1-3H3,(H,29,30,31). The molecule has 0 saturated carbocycles. The van der Waals surface area contributed by atoms with E-state index in [1.165, 1.54) is 12.1 Å². The summed E-state index contributed by atoms with van der Waals surface area (Å²) in [5.74, 6) is 2.45. The van der Waals surface area contributed by atoms with Crippen molar-refractivity contribution in [1.29, 1.82) is 0 Å². The first-order valence-electron chi connectivity index (χ1n) is 11.1. The third-order valence-corrected chi connectivity index (χ3v) is 5.86. The Hall–Kier alpha value is -3.14. The second-order valence-electron chi connectivity index (χ2n) is 7.64. The van der Waals surface area contributed by atoms with E-state index in [2.05, 4.69) is 15.3 Å². The molecule has 0 aliphatic heterocycles. The molecule has 10 heteroatoms. The molecule has 1 aromatic heterocycles. The molecule has 6 nitrogen and oxygen atoms in total. The van der Waals surface area contributed by atoms with Crippen LogP contribution in [0.5, 0.6) is 11.5 Å². The molecule has 1 N–H and O–H groups in total. The Morgan fingerprint density at radius 2 is 1.74 bits per heavy atom. The summed E-state index contributed by atoms with van der Waals surface area (Å²) in [7, 11) is 1.60. The number of halogens is 3. The molecule has 2 aromatic carbocycles. The lowest BCUT2D eigenvalue weighted by Crippen LogP contribution is -2.24. The summed E-state index contributed by atoms with van der Waals surface area (Å²) >= 11 is 1.67. The first kappa shape index (κ1) is 26.5. The predicted molar refractivity (Wildman–Crippen MR) is 134 cm³/mol. The van der Waals surface area contributed by atoms with E-state index in [-0.39, 0.29) is 6.54 Å². The second-order valence-corrected chi connectivity index (χ2v) is 8.63. The number of anilines is 2. The first-order chi connectivity index (χ1) is 16.8. The zero-order valence-electron chi connectivity index (χ0n) is 19.9. The fourth-order valence-electron chi connectivity index (χ4n) is 3.43. The van der Waals surface area contributed by atoms with Crippen LogP contribution in [0.1, 0.15) is 23.6 Å². The average molecular weight is 507 g/mol. The Labute approximate surface area is 207 Å². The van der Waals surface area contributed by atoms with Gasteiger partial charge in [0.2, 0.25) is 5.95 Å². The van der Waals surface area contributed by atoms with Gasteiger partial charge in [0.15, 0.2) is 5.75 Å². The Kier molecular flexibility index (Phi) is 9.47. The molecule has 35 heavy (non-hydrogen) atoms. The van der Waals surface area contributed by atoms with Gasteiger partial charge in [-0.2, -0.15) is 24.9 Å². The Morgan fingerprint density at radius 3 is 2.34 bits per heavy atom. The minimum atomic E-state index is -4.44. The summed E-state index contributed by atoms with van der Waals surface area (Å²) in [6.45, 7) is 3.80. The SMILES string of the molecule is CCN(Cc1ccc(OC)cc1)c1ccc(C(F)(F)F)cc1CNc1ncc(OCCSC)cn1. The number of benzene rings is 2. The van der Waals surface area contributed by atoms with E-state index in [1.807, 2.05) is 42.3 Å². The van der Waals surface area contributed by atoms with E-state index >= 15 is 0 Å². The van der Waals surface area contributed by atoms with Crippen LogP contribution in [0.4, 0.5) is 24.8 Å². The number of alkyl halides is 3. The number of hydrogen-bond acceptors (Lipinski definition) is 7. The van der Waals surface area contributed by atoms with Crippen LogP contribution in [-0.4, -0.2) is 42.2 Å². The number of aromatic nitrogens is 2. The van der Waals surface area contributed by atoms with Crippen LogP contribution in [0.3, 0.4) is 0 Å². The van der Waals surface area contributed by atoms with Crippen molar-refractivity contribution in [2.45, 2.75) is 26.2 Å². The zero-order chi connectivity index (χ0) is 25.3. The van der Waals surface area contributed by atoms with Crippen LogP contribution in [0.15, 0.2) is 54.9 Å². The highest BCUT2D eigenvalue weighted by Crippen LogP contribution is 2.34. The summed E-state index contributed by atoms with van der Waals surface area (Å²) in [5, 5.41) is 3.04. The number of rotatable bonds is 12. The molecule has 1 heterocycles. The molecule has 3 aromatic rings. The average Bonchev–Trinajstić information content (AvgIpc) is 2.86. The van der Waals surface area contributed by atoms with Crippen molar-refractivity contribution in [3.05, 3.63) is 71.5 Å². The number of nitrogens with one attached hydrogen (secondary N) is 1. The van der Waals surface area contributed by atoms with Gasteiger partial charge in [0.25, 0.3) is 0 Å². The summed E-state index contributed by atoms with van der Waals surface area (Å²) in [6, 6.07) is 11.4. The van der Waals surface area contributed by atoms with Crippen molar-refractivity contribution < 1.29 is 22.6 Å². The maximum atomic E-state index is 13.4. The molecule has 0 amide bonds. The van der Waals surface area contributed by atoms with Crippen molar-refractivity contribution >= 4 is 23.4 Å². The lowest BCUT2D eigenvalue weighted by atomic mass is 10.1. The van der Waals surface area contributed by atoms with E-state index in [1.54, 1.807) is 31.3 Å². The predicted octanol–water partition coefficient (Wildman–Crippen LogP) is 5.88. The normalized spacial score (nSPS) is 11.3. The van der Waals surface area contributed by atoms with Crippen molar-refractivity contribution in [2.24, 2.45) is 0 Å². The number of hydrogen-bond donors (Lipinski definition) is 1. The molecule has 188 valence electrons. The van der Waals surface area contributed by atoms with Crippen LogP contribution < -0.4 is 19.7 Å². The van der Waals surface area contributed by atoms with Crippen LogP contribution >= 0.6 is 11.8 Å². The zero-order valence-corrected chi connectivity index (χ0v) is 20.7. The fraction of sp³-hybridized carbons (Fsp3) is 0.360. The summed E-state index contributed by atoms with van der Waals surface area (Å²) < 4.78 is 51.1. The fourth-order valence-corrected chi connectivity index (χ4v) is 3.68. The van der Waals surface area contributed by atoms with E-state index in [9.17, 15) is 13.2 Å². The third-order valence-electron chi connectivity index (χ3n) is 5.28. The maximum Gasteiger partial charge on any atom is 0.416 e. The Bertz CT molecular complexity index is 1060. The van der Waals surface area contributed by atoms with Crippen molar-refractivity contribution in [3.63, 3.8) is 0 Å². The molecule has 0 aliphatic rings. The molecule has 3 rings (SSSR count). The minimum absolute atomic E-state index is 0.130. The highest BCUT2D eigenvalue weighted by atomic mass is 32.2. The van der Waals surface area contributed by atoms with Gasteiger partial charge < -0.3 is 19.7 Å². The van der Waals surface area contributed by atoms with Gasteiger partial charge in [0.1, 0.15) is 5.75 Å². The largest absolute Gasteiger partial charge is 0.497 e. The van der Waals surface area contributed by atoms with Gasteiger partial charge in [-0.3, -0.25) is 0 Å². The van der Waals surface area contributed by atoms with E-state index < -0.39 is 11.7 Å². The Morgan fingerprint density at radius 1 is 1.03 bits per heavy atom. The topological polar surface area (TPSA) is 59.5 Å². The summed E-state index contributed by atoms with van der Waals surface area (Å²) in [6.07, 6.45) is 0.646. The van der Waals surface area contributed by atoms with Crippen LogP contribution in [-0.2, 0) is 19.3 Å². The van der Waals surface area contributed by atoms with Gasteiger partial charge in [-0.05, 0) is 54.6 Å². The molecule has 0 unspecified atom stereocenters. The highest BCUT2D eigenvalue weighted by molar-refractivity contribution is 7.98. The van der Waals surface area contributed by atoms with Crippen molar-refractivity contribution in [1.82, 2.24) is 9.97 Å². The molecule has 0 fully saturated rings. The first-order valence-corrected chi connectivity index (χ1v) is 12.5. The molecule has 0 atom stereocenters.